The molecule has 2 aromatic carbocycles. The first-order valence-corrected chi connectivity index (χ1v) is 11.5. The highest BCUT2D eigenvalue weighted by Gasteiger charge is 2.17. The van der Waals surface area contributed by atoms with Crippen molar-refractivity contribution in [2.45, 2.75) is 33.3 Å². The van der Waals surface area contributed by atoms with Gasteiger partial charge < -0.3 is 20.2 Å². The van der Waals surface area contributed by atoms with Crippen molar-refractivity contribution in [1.82, 2.24) is 15.1 Å². The lowest BCUT2D eigenvalue weighted by molar-refractivity contribution is 0.0921. The van der Waals surface area contributed by atoms with Gasteiger partial charge in [0.05, 0.1) is 11.4 Å². The third-order valence-electron chi connectivity index (χ3n) is 5.64. The van der Waals surface area contributed by atoms with E-state index >= 15 is 0 Å². The number of ether oxygens (including phenoxy) is 1. The van der Waals surface area contributed by atoms with Crippen molar-refractivity contribution < 1.29 is 18.3 Å². The molecule has 4 rings (SSSR count). The summed E-state index contributed by atoms with van der Waals surface area (Å²) in [5, 5.41) is 16.7. The lowest BCUT2D eigenvalue weighted by Gasteiger charge is -2.08. The van der Waals surface area contributed by atoms with Crippen molar-refractivity contribution in [3.8, 4) is 17.5 Å². The Bertz CT molecular complexity index is 1420. The molecule has 8 nitrogen and oxygen atoms in total. The number of amides is 1. The number of furan rings is 1. The van der Waals surface area contributed by atoms with Crippen molar-refractivity contribution in [3.63, 3.8) is 0 Å². The minimum atomic E-state index is -0.376. The summed E-state index contributed by atoms with van der Waals surface area (Å²) < 4.78 is 26.1. The summed E-state index contributed by atoms with van der Waals surface area (Å²) >= 11 is 0. The topological polar surface area (TPSA) is 119 Å². The monoisotopic (exact) mass is 487 g/mol. The Morgan fingerprint density at radius 1 is 1.19 bits per heavy atom. The summed E-state index contributed by atoms with van der Waals surface area (Å²) in [5.41, 5.74) is 9.61. The SMILES string of the molecule is Cc1ccc(OCc2ccc(C(=O)NCCCc3nn(-c4ccc(F)cc4)c(N)c3C#N)o2)c(C)c1. The average Bonchev–Trinajstić information content (AvgIpc) is 3.46. The lowest BCUT2D eigenvalue weighted by atomic mass is 10.1. The molecule has 0 aliphatic carbocycles. The summed E-state index contributed by atoms with van der Waals surface area (Å²) in [6.07, 6.45) is 0.957. The van der Waals surface area contributed by atoms with E-state index in [2.05, 4.69) is 16.5 Å². The number of rotatable bonds is 9. The number of nitrogens with one attached hydrogen (secondary N) is 1. The number of aromatic nitrogens is 2. The number of nitrogen functional groups attached to an aromatic ring is 1. The highest BCUT2D eigenvalue weighted by molar-refractivity contribution is 5.91. The molecule has 0 atom stereocenters. The zero-order chi connectivity index (χ0) is 25.7. The van der Waals surface area contributed by atoms with Crippen LogP contribution in [0.4, 0.5) is 10.2 Å². The van der Waals surface area contributed by atoms with Gasteiger partial charge in [-0.15, -0.1) is 0 Å². The molecule has 1 amide bonds. The minimum Gasteiger partial charge on any atom is -0.485 e. The van der Waals surface area contributed by atoms with E-state index in [0.717, 1.165) is 16.9 Å². The Labute approximate surface area is 208 Å². The maximum atomic E-state index is 13.2. The van der Waals surface area contributed by atoms with Crippen LogP contribution in [-0.4, -0.2) is 22.2 Å². The van der Waals surface area contributed by atoms with E-state index in [1.165, 1.54) is 28.9 Å². The summed E-state index contributed by atoms with van der Waals surface area (Å²) in [5.74, 6) is 0.970. The molecule has 2 aromatic heterocycles. The zero-order valence-electron chi connectivity index (χ0n) is 20.0. The third kappa shape index (κ3) is 5.55. The number of nitriles is 1. The Hall–Kier alpha value is -4.58. The molecule has 3 N–H and O–H groups in total. The van der Waals surface area contributed by atoms with Gasteiger partial charge in [-0.25, -0.2) is 9.07 Å². The van der Waals surface area contributed by atoms with Crippen LogP contribution in [0.2, 0.25) is 0 Å². The van der Waals surface area contributed by atoms with Crippen LogP contribution in [0.1, 0.15) is 45.1 Å². The van der Waals surface area contributed by atoms with Gasteiger partial charge in [0, 0.05) is 6.54 Å². The van der Waals surface area contributed by atoms with Gasteiger partial charge in [0.1, 0.15) is 41.4 Å². The number of hydrogen-bond donors (Lipinski definition) is 2. The fraction of sp³-hybridized carbons (Fsp3) is 0.222. The van der Waals surface area contributed by atoms with Gasteiger partial charge in [0.2, 0.25) is 0 Å². The molecule has 2 heterocycles. The van der Waals surface area contributed by atoms with Crippen molar-refractivity contribution >= 4 is 11.7 Å². The van der Waals surface area contributed by atoms with Gasteiger partial charge in [0.25, 0.3) is 5.91 Å². The molecule has 0 saturated carbocycles. The molecule has 0 spiro atoms. The van der Waals surface area contributed by atoms with Crippen molar-refractivity contribution in [2.75, 3.05) is 12.3 Å². The maximum absolute atomic E-state index is 13.2. The number of carbonyl (C=O) groups excluding carboxylic acids is 1. The quantitative estimate of drug-likeness (QED) is 0.333. The molecule has 0 unspecified atom stereocenters. The molecule has 9 heteroatoms. The Morgan fingerprint density at radius 3 is 2.69 bits per heavy atom. The van der Waals surface area contributed by atoms with Crippen molar-refractivity contribution in [2.24, 2.45) is 0 Å². The van der Waals surface area contributed by atoms with Crippen LogP contribution in [0.15, 0.2) is 59.0 Å². The zero-order valence-corrected chi connectivity index (χ0v) is 20.0. The van der Waals surface area contributed by atoms with E-state index in [0.29, 0.717) is 36.5 Å². The summed E-state index contributed by atoms with van der Waals surface area (Å²) in [4.78, 5) is 12.5. The molecule has 0 aliphatic heterocycles. The average molecular weight is 488 g/mol. The lowest BCUT2D eigenvalue weighted by Crippen LogP contribution is -2.24. The normalized spacial score (nSPS) is 10.7. The van der Waals surface area contributed by atoms with Gasteiger partial charge >= 0.3 is 0 Å². The maximum Gasteiger partial charge on any atom is 0.286 e. The predicted octanol–water partition coefficient (Wildman–Crippen LogP) is 4.62. The number of nitrogens with two attached hydrogens (primary N) is 1. The second kappa shape index (κ2) is 10.8. The van der Waals surface area contributed by atoms with Crippen LogP contribution in [0.25, 0.3) is 5.69 Å². The van der Waals surface area contributed by atoms with Crippen LogP contribution >= 0.6 is 0 Å². The van der Waals surface area contributed by atoms with E-state index < -0.39 is 0 Å². The van der Waals surface area contributed by atoms with Gasteiger partial charge in [-0.05, 0) is 74.7 Å². The number of carbonyl (C=O) groups is 1. The first-order valence-electron chi connectivity index (χ1n) is 11.5. The number of halogens is 1. The minimum absolute atomic E-state index is 0.189. The molecule has 0 bridgehead atoms. The molecule has 0 fully saturated rings. The fourth-order valence-electron chi connectivity index (χ4n) is 3.79. The molecular formula is C27H26FN5O3. The molecule has 0 saturated heterocycles. The van der Waals surface area contributed by atoms with E-state index in [4.69, 9.17) is 14.9 Å². The van der Waals surface area contributed by atoms with Crippen LogP contribution in [0, 0.1) is 31.0 Å². The highest BCUT2D eigenvalue weighted by Crippen LogP contribution is 2.22. The van der Waals surface area contributed by atoms with Crippen molar-refractivity contribution in [1.29, 1.82) is 5.26 Å². The fourth-order valence-corrected chi connectivity index (χ4v) is 3.79. The summed E-state index contributed by atoms with van der Waals surface area (Å²) in [7, 11) is 0. The number of benzene rings is 2. The van der Waals surface area contributed by atoms with Gasteiger partial charge in [-0.1, -0.05) is 17.7 Å². The first kappa shape index (κ1) is 24.5. The smallest absolute Gasteiger partial charge is 0.286 e. The van der Waals surface area contributed by atoms with Crippen LogP contribution in [0.5, 0.6) is 5.75 Å². The number of nitrogens with zero attached hydrogens (tertiary/aromatic N) is 3. The molecule has 184 valence electrons. The number of hydrogen-bond acceptors (Lipinski definition) is 6. The highest BCUT2D eigenvalue weighted by atomic mass is 19.1. The van der Waals surface area contributed by atoms with E-state index in [-0.39, 0.29) is 35.5 Å². The van der Waals surface area contributed by atoms with Gasteiger partial charge in [-0.2, -0.15) is 10.4 Å². The second-order valence-electron chi connectivity index (χ2n) is 8.39. The molecule has 0 aliphatic rings. The standard InChI is InChI=1S/C27H26FN5O3/c1-17-5-11-24(18(2)14-17)35-16-21-10-12-25(36-21)27(34)31-13-3-4-23-22(15-29)26(30)33(32-23)20-8-6-19(28)7-9-20/h5-12,14H,3-4,13,16,30H2,1-2H3,(H,31,34). The molecule has 36 heavy (non-hydrogen) atoms. The van der Waals surface area contributed by atoms with E-state index in [1.54, 1.807) is 12.1 Å². The number of anilines is 1. The second-order valence-corrected chi connectivity index (χ2v) is 8.39. The Morgan fingerprint density at radius 2 is 1.97 bits per heavy atom. The summed E-state index contributed by atoms with van der Waals surface area (Å²) in [6.45, 7) is 4.56. The largest absolute Gasteiger partial charge is 0.485 e. The Kier molecular flexibility index (Phi) is 7.35. The van der Waals surface area contributed by atoms with Gasteiger partial charge in [0.15, 0.2) is 5.76 Å². The summed E-state index contributed by atoms with van der Waals surface area (Å²) in [6, 6.07) is 17.0. The Balaban J connectivity index is 1.29. The molecule has 0 radical (unpaired) electrons. The first-order chi connectivity index (χ1) is 17.4. The molecular weight excluding hydrogens is 461 g/mol. The van der Waals surface area contributed by atoms with E-state index in [1.807, 2.05) is 32.0 Å². The van der Waals surface area contributed by atoms with Crippen LogP contribution in [-0.2, 0) is 13.0 Å². The number of aryl methyl sites for hydroxylation is 3. The third-order valence-corrected chi connectivity index (χ3v) is 5.64. The van der Waals surface area contributed by atoms with Crippen LogP contribution < -0.4 is 15.8 Å². The molecule has 4 aromatic rings. The predicted molar refractivity (Wildman–Crippen MR) is 132 cm³/mol. The van der Waals surface area contributed by atoms with Crippen LogP contribution in [0.3, 0.4) is 0 Å². The van der Waals surface area contributed by atoms with Crippen molar-refractivity contribution in [3.05, 3.63) is 94.3 Å². The van der Waals surface area contributed by atoms with Gasteiger partial charge in [-0.3, -0.25) is 4.79 Å². The van der Waals surface area contributed by atoms with E-state index in [9.17, 15) is 14.4 Å².